The molecule has 0 heterocycles. The molecule has 1 saturated carbocycles. The van der Waals surface area contributed by atoms with Gasteiger partial charge >= 0.3 is 0 Å². The minimum atomic E-state index is -0.492. The lowest BCUT2D eigenvalue weighted by Gasteiger charge is -2.17. The molecule has 4 nitrogen and oxygen atoms in total. The number of hydrogen-bond donors (Lipinski definition) is 2. The van der Waals surface area contributed by atoms with Crippen LogP contribution in [-0.2, 0) is 0 Å². The van der Waals surface area contributed by atoms with Gasteiger partial charge in [-0.15, -0.1) is 0 Å². The van der Waals surface area contributed by atoms with E-state index in [9.17, 15) is 5.11 Å². The van der Waals surface area contributed by atoms with Gasteiger partial charge in [0.2, 0.25) is 0 Å². The van der Waals surface area contributed by atoms with Crippen molar-refractivity contribution >= 4 is 0 Å². The molecular weight excluding hydrogens is 254 g/mol. The van der Waals surface area contributed by atoms with Gasteiger partial charge in [-0.2, -0.15) is 0 Å². The minimum absolute atomic E-state index is 0.291. The SMILES string of the molecule is CCC1(CNCC(O)COc2cccc(OC)c2)CC1. The summed E-state index contributed by atoms with van der Waals surface area (Å²) in [6.07, 6.45) is 3.35. The van der Waals surface area contributed by atoms with Gasteiger partial charge in [0.15, 0.2) is 0 Å². The molecule has 1 aliphatic carbocycles. The molecule has 0 amide bonds. The van der Waals surface area contributed by atoms with Gasteiger partial charge in [0, 0.05) is 19.2 Å². The van der Waals surface area contributed by atoms with E-state index < -0.39 is 6.10 Å². The molecule has 1 fully saturated rings. The van der Waals surface area contributed by atoms with Gasteiger partial charge < -0.3 is 19.9 Å². The van der Waals surface area contributed by atoms with Gasteiger partial charge in [0.1, 0.15) is 24.2 Å². The van der Waals surface area contributed by atoms with Crippen molar-refractivity contribution in [3.8, 4) is 11.5 Å². The maximum Gasteiger partial charge on any atom is 0.123 e. The monoisotopic (exact) mass is 279 g/mol. The van der Waals surface area contributed by atoms with Crippen LogP contribution >= 0.6 is 0 Å². The second-order valence-corrected chi connectivity index (χ2v) is 5.63. The Balaban J connectivity index is 1.65. The first kappa shape index (κ1) is 15.1. The molecule has 0 aliphatic heterocycles. The summed E-state index contributed by atoms with van der Waals surface area (Å²) in [6.45, 7) is 4.10. The van der Waals surface area contributed by atoms with E-state index in [1.54, 1.807) is 7.11 Å². The zero-order valence-electron chi connectivity index (χ0n) is 12.4. The predicted octanol–water partition coefficient (Wildman–Crippen LogP) is 2.21. The second kappa shape index (κ2) is 6.95. The fourth-order valence-corrected chi connectivity index (χ4v) is 2.28. The van der Waals surface area contributed by atoms with Crippen molar-refractivity contribution in [3.05, 3.63) is 24.3 Å². The van der Waals surface area contributed by atoms with Crippen LogP contribution in [0.5, 0.6) is 11.5 Å². The van der Waals surface area contributed by atoms with E-state index in [0.717, 1.165) is 18.0 Å². The highest BCUT2D eigenvalue weighted by atomic mass is 16.5. The van der Waals surface area contributed by atoms with Gasteiger partial charge in [-0.05, 0) is 36.8 Å². The van der Waals surface area contributed by atoms with Crippen LogP contribution < -0.4 is 14.8 Å². The number of aliphatic hydroxyl groups is 1. The van der Waals surface area contributed by atoms with Crippen LogP contribution in [0, 0.1) is 5.41 Å². The molecule has 0 spiro atoms. The van der Waals surface area contributed by atoms with E-state index in [2.05, 4.69) is 12.2 Å². The van der Waals surface area contributed by atoms with E-state index in [1.807, 2.05) is 24.3 Å². The number of methoxy groups -OCH3 is 1. The molecular formula is C16H25NO3. The number of hydrogen-bond acceptors (Lipinski definition) is 4. The van der Waals surface area contributed by atoms with E-state index in [0.29, 0.717) is 18.6 Å². The minimum Gasteiger partial charge on any atom is -0.497 e. The Morgan fingerprint density at radius 2 is 2.10 bits per heavy atom. The van der Waals surface area contributed by atoms with Crippen LogP contribution in [0.15, 0.2) is 24.3 Å². The Morgan fingerprint density at radius 1 is 1.35 bits per heavy atom. The van der Waals surface area contributed by atoms with Crippen molar-refractivity contribution in [1.29, 1.82) is 0 Å². The maximum absolute atomic E-state index is 9.91. The fraction of sp³-hybridized carbons (Fsp3) is 0.625. The van der Waals surface area contributed by atoms with Crippen LogP contribution in [-0.4, -0.2) is 38.0 Å². The lowest BCUT2D eigenvalue weighted by Crippen LogP contribution is -2.34. The molecule has 0 bridgehead atoms. The second-order valence-electron chi connectivity index (χ2n) is 5.63. The molecule has 1 unspecified atom stereocenters. The molecule has 2 rings (SSSR count). The lowest BCUT2D eigenvalue weighted by atomic mass is 10.0. The third-order valence-electron chi connectivity index (χ3n) is 4.07. The summed E-state index contributed by atoms with van der Waals surface area (Å²) in [5.74, 6) is 1.48. The first-order valence-electron chi connectivity index (χ1n) is 7.33. The molecule has 1 aromatic rings. The van der Waals surface area contributed by atoms with Crippen LogP contribution in [0.1, 0.15) is 26.2 Å². The van der Waals surface area contributed by atoms with Crippen molar-refractivity contribution in [2.75, 3.05) is 26.8 Å². The smallest absolute Gasteiger partial charge is 0.123 e. The first-order valence-corrected chi connectivity index (χ1v) is 7.33. The van der Waals surface area contributed by atoms with Gasteiger partial charge in [-0.1, -0.05) is 13.0 Å². The first-order chi connectivity index (χ1) is 9.67. The van der Waals surface area contributed by atoms with Crippen LogP contribution in [0.3, 0.4) is 0 Å². The standard InChI is InChI=1S/C16H25NO3/c1-3-16(7-8-16)12-17-10-13(18)11-20-15-6-4-5-14(9-15)19-2/h4-6,9,13,17-18H,3,7-8,10-12H2,1-2H3. The Labute approximate surface area is 121 Å². The Bertz CT molecular complexity index is 418. The number of aliphatic hydroxyl groups excluding tert-OH is 1. The van der Waals surface area contributed by atoms with Crippen LogP contribution in [0.25, 0.3) is 0 Å². The summed E-state index contributed by atoms with van der Waals surface area (Å²) in [7, 11) is 1.62. The van der Waals surface area contributed by atoms with E-state index in [-0.39, 0.29) is 0 Å². The Kier molecular flexibility index (Phi) is 5.26. The average Bonchev–Trinajstić information content (AvgIpc) is 3.26. The molecule has 1 aliphatic rings. The van der Waals surface area contributed by atoms with Crippen molar-refractivity contribution < 1.29 is 14.6 Å². The van der Waals surface area contributed by atoms with Gasteiger partial charge in [0.05, 0.1) is 7.11 Å². The number of benzene rings is 1. The van der Waals surface area contributed by atoms with Crippen molar-refractivity contribution in [3.63, 3.8) is 0 Å². The third-order valence-corrected chi connectivity index (χ3v) is 4.07. The molecule has 112 valence electrons. The van der Waals surface area contributed by atoms with E-state index in [1.165, 1.54) is 19.3 Å². The van der Waals surface area contributed by atoms with Crippen molar-refractivity contribution in [2.24, 2.45) is 5.41 Å². The summed E-state index contributed by atoms with van der Waals surface area (Å²) < 4.78 is 10.7. The molecule has 2 N–H and O–H groups in total. The molecule has 0 saturated heterocycles. The van der Waals surface area contributed by atoms with E-state index in [4.69, 9.17) is 9.47 Å². The zero-order chi connectivity index (χ0) is 14.4. The summed E-state index contributed by atoms with van der Waals surface area (Å²) in [6, 6.07) is 7.41. The molecule has 1 aromatic carbocycles. The van der Waals surface area contributed by atoms with Gasteiger partial charge in [-0.3, -0.25) is 0 Å². The summed E-state index contributed by atoms with van der Waals surface area (Å²) >= 11 is 0. The highest BCUT2D eigenvalue weighted by molar-refractivity contribution is 5.32. The largest absolute Gasteiger partial charge is 0.497 e. The number of ether oxygens (including phenoxy) is 2. The molecule has 1 atom stereocenters. The Morgan fingerprint density at radius 3 is 2.75 bits per heavy atom. The molecule has 0 radical (unpaired) electrons. The highest BCUT2D eigenvalue weighted by Crippen LogP contribution is 2.47. The number of rotatable bonds is 9. The third kappa shape index (κ3) is 4.39. The van der Waals surface area contributed by atoms with Crippen molar-refractivity contribution in [2.45, 2.75) is 32.3 Å². The normalized spacial score (nSPS) is 17.6. The van der Waals surface area contributed by atoms with Crippen LogP contribution in [0.2, 0.25) is 0 Å². The summed E-state index contributed by atoms with van der Waals surface area (Å²) in [5, 5.41) is 13.3. The molecule has 20 heavy (non-hydrogen) atoms. The molecule has 0 aromatic heterocycles. The van der Waals surface area contributed by atoms with E-state index >= 15 is 0 Å². The summed E-state index contributed by atoms with van der Waals surface area (Å²) in [5.41, 5.74) is 0.507. The quantitative estimate of drug-likeness (QED) is 0.728. The van der Waals surface area contributed by atoms with Gasteiger partial charge in [-0.25, -0.2) is 0 Å². The zero-order valence-corrected chi connectivity index (χ0v) is 12.4. The van der Waals surface area contributed by atoms with Gasteiger partial charge in [0.25, 0.3) is 0 Å². The molecule has 4 heteroatoms. The highest BCUT2D eigenvalue weighted by Gasteiger charge is 2.39. The van der Waals surface area contributed by atoms with Crippen molar-refractivity contribution in [1.82, 2.24) is 5.32 Å². The topological polar surface area (TPSA) is 50.7 Å². The lowest BCUT2D eigenvalue weighted by molar-refractivity contribution is 0.105. The Hall–Kier alpha value is -1.26. The maximum atomic E-state index is 9.91. The average molecular weight is 279 g/mol. The predicted molar refractivity (Wildman–Crippen MR) is 79.3 cm³/mol. The van der Waals surface area contributed by atoms with Crippen LogP contribution in [0.4, 0.5) is 0 Å². The number of nitrogens with one attached hydrogen (secondary N) is 1. The summed E-state index contributed by atoms with van der Waals surface area (Å²) in [4.78, 5) is 0. The fourth-order valence-electron chi connectivity index (χ4n) is 2.28.